The van der Waals surface area contributed by atoms with Crippen molar-refractivity contribution in [3.63, 3.8) is 0 Å². The van der Waals surface area contributed by atoms with Crippen molar-refractivity contribution in [2.24, 2.45) is 0 Å². The lowest BCUT2D eigenvalue weighted by atomic mass is 9.92. The van der Waals surface area contributed by atoms with Gasteiger partial charge in [0.05, 0.1) is 0 Å². The fourth-order valence-corrected chi connectivity index (χ4v) is 2.25. The van der Waals surface area contributed by atoms with Crippen LogP contribution in [0.1, 0.15) is 50.7 Å². The third-order valence-corrected chi connectivity index (χ3v) is 3.26. The maximum absolute atomic E-state index is 14.0. The van der Waals surface area contributed by atoms with Gasteiger partial charge in [-0.25, -0.2) is 8.78 Å². The molecule has 0 amide bonds. The Morgan fingerprint density at radius 2 is 1.89 bits per heavy atom. The number of benzene rings is 1. The summed E-state index contributed by atoms with van der Waals surface area (Å²) in [5.74, 6) is -0.956. The molecule has 0 fully saturated rings. The molecule has 0 bridgehead atoms. The van der Waals surface area contributed by atoms with Gasteiger partial charge in [-0.2, -0.15) is 0 Å². The molecule has 1 aromatic rings. The number of rotatable bonds is 6. The minimum Gasteiger partial charge on any atom is -0.314 e. The Kier molecular flexibility index (Phi) is 5.73. The Morgan fingerprint density at radius 3 is 2.50 bits per heavy atom. The maximum atomic E-state index is 14.0. The van der Waals surface area contributed by atoms with Gasteiger partial charge in [0.25, 0.3) is 0 Å². The first kappa shape index (κ1) is 15.1. The highest BCUT2D eigenvalue weighted by atomic mass is 19.1. The van der Waals surface area contributed by atoms with Crippen molar-refractivity contribution < 1.29 is 8.78 Å². The van der Waals surface area contributed by atoms with Crippen LogP contribution in [0.15, 0.2) is 12.1 Å². The summed E-state index contributed by atoms with van der Waals surface area (Å²) in [7, 11) is 0. The summed E-state index contributed by atoms with van der Waals surface area (Å²) in [5.41, 5.74) is 0.729. The van der Waals surface area contributed by atoms with Crippen molar-refractivity contribution in [1.82, 2.24) is 5.32 Å². The van der Waals surface area contributed by atoms with Gasteiger partial charge in [-0.05, 0) is 50.8 Å². The molecule has 1 nitrogen and oxygen atoms in total. The van der Waals surface area contributed by atoms with Crippen LogP contribution < -0.4 is 5.32 Å². The van der Waals surface area contributed by atoms with Gasteiger partial charge in [-0.1, -0.05) is 19.9 Å². The van der Waals surface area contributed by atoms with Crippen LogP contribution in [0.25, 0.3) is 0 Å². The van der Waals surface area contributed by atoms with Crippen LogP contribution >= 0.6 is 0 Å². The molecule has 0 saturated carbocycles. The molecule has 0 heterocycles. The van der Waals surface area contributed by atoms with Crippen molar-refractivity contribution in [1.29, 1.82) is 0 Å². The maximum Gasteiger partial charge on any atom is 0.132 e. The second-order valence-electron chi connectivity index (χ2n) is 5.08. The van der Waals surface area contributed by atoms with Crippen LogP contribution in [-0.2, 0) is 0 Å². The van der Waals surface area contributed by atoms with Crippen LogP contribution in [0.3, 0.4) is 0 Å². The molecular weight excluding hydrogens is 232 g/mol. The highest BCUT2D eigenvalue weighted by molar-refractivity contribution is 5.29. The molecule has 3 heteroatoms. The molecule has 0 aliphatic carbocycles. The molecule has 2 atom stereocenters. The Bertz CT molecular complexity index is 390. The van der Waals surface area contributed by atoms with E-state index in [9.17, 15) is 8.78 Å². The summed E-state index contributed by atoms with van der Waals surface area (Å²) in [4.78, 5) is 0. The zero-order valence-corrected chi connectivity index (χ0v) is 11.7. The van der Waals surface area contributed by atoms with E-state index in [2.05, 4.69) is 19.2 Å². The highest BCUT2D eigenvalue weighted by Crippen LogP contribution is 2.27. The summed E-state index contributed by atoms with van der Waals surface area (Å²) < 4.78 is 27.7. The molecule has 0 aliphatic heterocycles. The average Bonchev–Trinajstić information content (AvgIpc) is 2.31. The molecule has 1 aromatic carbocycles. The largest absolute Gasteiger partial charge is 0.314 e. The summed E-state index contributed by atoms with van der Waals surface area (Å²) in [6.07, 6.45) is 1.79. The first-order valence-electron chi connectivity index (χ1n) is 6.65. The van der Waals surface area contributed by atoms with Crippen molar-refractivity contribution in [2.45, 2.75) is 52.5 Å². The second kappa shape index (κ2) is 6.83. The van der Waals surface area contributed by atoms with E-state index in [1.165, 1.54) is 12.1 Å². The number of hydrogen-bond donors (Lipinski definition) is 1. The monoisotopic (exact) mass is 255 g/mol. The smallest absolute Gasteiger partial charge is 0.132 e. The molecule has 0 aromatic heterocycles. The summed E-state index contributed by atoms with van der Waals surface area (Å²) in [5, 5.41) is 3.34. The quantitative estimate of drug-likeness (QED) is 0.805. The number of halogens is 2. The van der Waals surface area contributed by atoms with Crippen LogP contribution in [0.4, 0.5) is 8.78 Å². The third kappa shape index (κ3) is 3.77. The van der Waals surface area contributed by atoms with Crippen LogP contribution in [0.5, 0.6) is 0 Å². The minimum atomic E-state index is -0.437. The number of nitrogens with one attached hydrogen (secondary N) is 1. The molecule has 0 spiro atoms. The Morgan fingerprint density at radius 1 is 1.22 bits per heavy atom. The molecule has 102 valence electrons. The minimum absolute atomic E-state index is 0.121. The van der Waals surface area contributed by atoms with Crippen molar-refractivity contribution in [2.75, 3.05) is 6.54 Å². The fraction of sp³-hybridized carbons (Fsp3) is 0.600. The predicted octanol–water partition coefficient (Wildman–Crippen LogP) is 4.15. The molecule has 0 saturated heterocycles. The van der Waals surface area contributed by atoms with Crippen LogP contribution in [0.2, 0.25) is 0 Å². The van der Waals surface area contributed by atoms with Gasteiger partial charge in [0.2, 0.25) is 0 Å². The molecule has 0 radical (unpaired) electrons. The normalized spacial score (nSPS) is 14.6. The van der Waals surface area contributed by atoms with Crippen molar-refractivity contribution in [3.05, 3.63) is 34.9 Å². The van der Waals surface area contributed by atoms with Gasteiger partial charge in [0, 0.05) is 11.6 Å². The molecule has 18 heavy (non-hydrogen) atoms. The van der Waals surface area contributed by atoms with Gasteiger partial charge in [0.15, 0.2) is 0 Å². The van der Waals surface area contributed by atoms with E-state index in [-0.39, 0.29) is 17.5 Å². The van der Waals surface area contributed by atoms with Crippen LogP contribution in [-0.4, -0.2) is 12.6 Å². The summed E-state index contributed by atoms with van der Waals surface area (Å²) >= 11 is 0. The lowest BCUT2D eigenvalue weighted by Gasteiger charge is -2.20. The van der Waals surface area contributed by atoms with E-state index < -0.39 is 11.6 Å². The first-order valence-corrected chi connectivity index (χ1v) is 6.65. The van der Waals surface area contributed by atoms with Gasteiger partial charge in [-0.3, -0.25) is 0 Å². The van der Waals surface area contributed by atoms with E-state index in [1.807, 2.05) is 6.92 Å². The number of hydrogen-bond acceptors (Lipinski definition) is 1. The molecule has 2 unspecified atom stereocenters. The molecule has 1 rings (SSSR count). The van der Waals surface area contributed by atoms with Gasteiger partial charge < -0.3 is 5.32 Å². The molecule has 0 aliphatic rings. The molecular formula is C15H23F2N. The van der Waals surface area contributed by atoms with E-state index in [0.717, 1.165) is 19.4 Å². The van der Waals surface area contributed by atoms with Gasteiger partial charge >= 0.3 is 0 Å². The van der Waals surface area contributed by atoms with E-state index in [1.54, 1.807) is 6.92 Å². The predicted molar refractivity (Wildman–Crippen MR) is 71.9 cm³/mol. The lowest BCUT2D eigenvalue weighted by Crippen LogP contribution is -2.28. The zero-order chi connectivity index (χ0) is 13.7. The SMILES string of the molecule is CCCNC(C)CC(C)c1c(F)ccc(C)c1F. The molecule has 1 N–H and O–H groups in total. The van der Waals surface area contributed by atoms with Crippen molar-refractivity contribution in [3.8, 4) is 0 Å². The summed E-state index contributed by atoms with van der Waals surface area (Å²) in [6, 6.07) is 3.10. The Hall–Kier alpha value is -0.960. The van der Waals surface area contributed by atoms with Gasteiger partial charge in [0.1, 0.15) is 11.6 Å². The second-order valence-corrected chi connectivity index (χ2v) is 5.08. The first-order chi connectivity index (χ1) is 8.47. The highest BCUT2D eigenvalue weighted by Gasteiger charge is 2.19. The third-order valence-electron chi connectivity index (χ3n) is 3.26. The topological polar surface area (TPSA) is 12.0 Å². The van der Waals surface area contributed by atoms with Crippen LogP contribution in [0, 0.1) is 18.6 Å². The average molecular weight is 255 g/mol. The standard InChI is InChI=1S/C15H23F2N/c1-5-8-18-12(4)9-11(3)14-13(16)7-6-10(2)15(14)17/h6-7,11-12,18H,5,8-9H2,1-4H3. The van der Waals surface area contributed by atoms with E-state index >= 15 is 0 Å². The summed E-state index contributed by atoms with van der Waals surface area (Å²) in [6.45, 7) is 8.64. The van der Waals surface area contributed by atoms with E-state index in [4.69, 9.17) is 0 Å². The Labute approximate surface area is 109 Å². The Balaban J connectivity index is 2.78. The zero-order valence-electron chi connectivity index (χ0n) is 11.7. The van der Waals surface area contributed by atoms with Gasteiger partial charge in [-0.15, -0.1) is 0 Å². The van der Waals surface area contributed by atoms with Crippen molar-refractivity contribution >= 4 is 0 Å². The van der Waals surface area contributed by atoms with E-state index in [0.29, 0.717) is 5.56 Å². The lowest BCUT2D eigenvalue weighted by molar-refractivity contribution is 0.452. The number of aryl methyl sites for hydroxylation is 1. The fourth-order valence-electron chi connectivity index (χ4n) is 2.25.